The Hall–Kier alpha value is -4.13. The number of hydrogen-bond donors (Lipinski definition) is 5. The number of hydrogen-bond acceptors (Lipinski definition) is 8. The van der Waals surface area contributed by atoms with E-state index in [4.69, 9.17) is 9.84 Å². The van der Waals surface area contributed by atoms with E-state index in [9.17, 15) is 29.1 Å². The maximum Gasteiger partial charge on any atom is 0.507 e. The van der Waals surface area contributed by atoms with E-state index < -0.39 is 61.0 Å². The highest BCUT2D eigenvalue weighted by molar-refractivity contribution is 6.02. The molecule has 1 aliphatic heterocycles. The van der Waals surface area contributed by atoms with E-state index in [0.29, 0.717) is 23.1 Å². The summed E-state index contributed by atoms with van der Waals surface area (Å²) in [5, 5.41) is 24.2. The molecule has 0 bridgehead atoms. The molecule has 212 valence electrons. The number of aromatic amines is 1. The molecule has 2 aromatic rings. The number of aliphatic hydroxyl groups is 1. The average molecular weight is 547 g/mol. The van der Waals surface area contributed by atoms with Crippen LogP contribution in [0.15, 0.2) is 24.3 Å². The Morgan fingerprint density at radius 1 is 1.18 bits per heavy atom. The third kappa shape index (κ3) is 7.47. The molecule has 39 heavy (non-hydrogen) atoms. The second-order valence-electron chi connectivity index (χ2n) is 9.81. The number of carbonyl (C=O) groups excluding carboxylic acids is 4. The van der Waals surface area contributed by atoms with Gasteiger partial charge in [-0.3, -0.25) is 19.2 Å². The number of benzene rings is 1. The van der Waals surface area contributed by atoms with Crippen LogP contribution in [0.4, 0.5) is 4.79 Å². The lowest BCUT2D eigenvalue weighted by Crippen LogP contribution is -2.53. The standard InChI is InChI=1S/C26H34N4O9/c1-14(2)9-19(29-24(34)20-11-16-17(27-20)5-4-6-22(16)38-3)23(33)28-18(21(32)12-31)10-15-7-8-30(25(15)35)13-39-26(36)37/h4-6,11,14-15,18-19,27,31H,7-10,12-13H2,1-3H3,(H,28,33)(H,29,34)(H,36,37)/t15-,18-,19-/m0/s1. The molecule has 1 fully saturated rings. The van der Waals surface area contributed by atoms with Gasteiger partial charge in [0.1, 0.15) is 24.1 Å². The fraction of sp³-hybridized carbons (Fsp3) is 0.500. The van der Waals surface area contributed by atoms with E-state index in [1.54, 1.807) is 24.3 Å². The summed E-state index contributed by atoms with van der Waals surface area (Å²) in [4.78, 5) is 66.3. The van der Waals surface area contributed by atoms with Crippen LogP contribution in [0.1, 0.15) is 43.6 Å². The van der Waals surface area contributed by atoms with Crippen LogP contribution in [0, 0.1) is 11.8 Å². The summed E-state index contributed by atoms with van der Waals surface area (Å²) in [6.07, 6.45) is -1.01. The number of likely N-dealkylation sites (tertiary alicyclic amines) is 1. The molecule has 3 amide bonds. The number of nitrogens with one attached hydrogen (secondary N) is 3. The van der Waals surface area contributed by atoms with Gasteiger partial charge in [-0.2, -0.15) is 0 Å². The van der Waals surface area contributed by atoms with Crippen LogP contribution in [-0.4, -0.2) is 88.8 Å². The van der Waals surface area contributed by atoms with Crippen LogP contribution >= 0.6 is 0 Å². The van der Waals surface area contributed by atoms with Crippen molar-refractivity contribution in [2.45, 2.75) is 45.2 Å². The maximum absolute atomic E-state index is 13.3. The molecule has 0 radical (unpaired) electrons. The summed E-state index contributed by atoms with van der Waals surface area (Å²) >= 11 is 0. The highest BCUT2D eigenvalue weighted by Gasteiger charge is 2.37. The molecule has 0 unspecified atom stereocenters. The van der Waals surface area contributed by atoms with E-state index in [-0.39, 0.29) is 31.0 Å². The van der Waals surface area contributed by atoms with E-state index in [1.807, 2.05) is 13.8 Å². The highest BCUT2D eigenvalue weighted by Crippen LogP contribution is 2.26. The van der Waals surface area contributed by atoms with Gasteiger partial charge in [0.25, 0.3) is 5.91 Å². The van der Waals surface area contributed by atoms with E-state index in [2.05, 4.69) is 20.4 Å². The number of ketones is 1. The van der Waals surface area contributed by atoms with Crippen molar-refractivity contribution in [1.82, 2.24) is 20.5 Å². The van der Waals surface area contributed by atoms with Crippen molar-refractivity contribution in [3.63, 3.8) is 0 Å². The van der Waals surface area contributed by atoms with Crippen molar-refractivity contribution in [3.05, 3.63) is 30.0 Å². The number of aromatic nitrogens is 1. The number of carboxylic acid groups (broad SMARTS) is 1. The third-order valence-corrected chi connectivity index (χ3v) is 6.55. The van der Waals surface area contributed by atoms with Crippen molar-refractivity contribution in [2.75, 3.05) is 27.0 Å². The molecule has 3 rings (SSSR count). The van der Waals surface area contributed by atoms with Crippen LogP contribution in [0.5, 0.6) is 5.75 Å². The van der Waals surface area contributed by atoms with Gasteiger partial charge in [-0.15, -0.1) is 0 Å². The Bertz CT molecular complexity index is 1230. The predicted molar refractivity (Wildman–Crippen MR) is 138 cm³/mol. The SMILES string of the molecule is COc1cccc2[nH]c(C(=O)N[C@@H](CC(C)C)C(=O)N[C@@H](C[C@@H]3CCN(COC(=O)O)C3=O)C(=O)CO)cc12. The monoisotopic (exact) mass is 546 g/mol. The molecule has 13 nitrogen and oxygen atoms in total. The van der Waals surface area contributed by atoms with E-state index in [0.717, 1.165) is 0 Å². The second kappa shape index (κ2) is 13.1. The maximum atomic E-state index is 13.3. The summed E-state index contributed by atoms with van der Waals surface area (Å²) in [6.45, 7) is 2.70. The third-order valence-electron chi connectivity index (χ3n) is 6.55. The van der Waals surface area contributed by atoms with Crippen LogP contribution in [0.2, 0.25) is 0 Å². The van der Waals surface area contributed by atoms with Crippen molar-refractivity contribution in [2.24, 2.45) is 11.8 Å². The average Bonchev–Trinajstić information content (AvgIpc) is 3.49. The zero-order valence-electron chi connectivity index (χ0n) is 22.1. The van der Waals surface area contributed by atoms with Gasteiger partial charge >= 0.3 is 6.16 Å². The Morgan fingerprint density at radius 3 is 2.56 bits per heavy atom. The molecule has 1 aromatic heterocycles. The predicted octanol–water partition coefficient (Wildman–Crippen LogP) is 1.26. The first-order chi connectivity index (χ1) is 18.5. The Labute approximate surface area is 224 Å². The number of amides is 3. The number of fused-ring (bicyclic) bond motifs is 1. The molecule has 13 heteroatoms. The summed E-state index contributed by atoms with van der Waals surface area (Å²) in [5.74, 6) is -2.35. The van der Waals surface area contributed by atoms with Crippen molar-refractivity contribution in [3.8, 4) is 5.75 Å². The minimum Gasteiger partial charge on any atom is -0.496 e. The van der Waals surface area contributed by atoms with Gasteiger partial charge < -0.3 is 40.2 Å². The van der Waals surface area contributed by atoms with Crippen molar-refractivity contribution >= 4 is 40.6 Å². The Kier molecular flexibility index (Phi) is 9.88. The number of nitrogens with zero attached hydrogens (tertiary/aromatic N) is 1. The van der Waals surface area contributed by atoms with E-state index >= 15 is 0 Å². The Morgan fingerprint density at radius 2 is 1.92 bits per heavy atom. The fourth-order valence-corrected chi connectivity index (χ4v) is 4.59. The molecule has 1 aromatic carbocycles. The normalized spacial score (nSPS) is 16.7. The number of ether oxygens (including phenoxy) is 2. The summed E-state index contributed by atoms with van der Waals surface area (Å²) in [6, 6.07) is 4.77. The summed E-state index contributed by atoms with van der Waals surface area (Å²) < 4.78 is 9.79. The van der Waals surface area contributed by atoms with E-state index in [1.165, 1.54) is 12.0 Å². The molecule has 1 saturated heterocycles. The molecule has 0 saturated carbocycles. The molecule has 2 heterocycles. The molecule has 0 spiro atoms. The van der Waals surface area contributed by atoms with Crippen LogP contribution in [-0.2, 0) is 19.1 Å². The van der Waals surface area contributed by atoms with Crippen LogP contribution in [0.25, 0.3) is 10.9 Å². The van der Waals surface area contributed by atoms with Crippen LogP contribution in [0.3, 0.4) is 0 Å². The molecule has 1 aliphatic rings. The molecule has 3 atom stereocenters. The lowest BCUT2D eigenvalue weighted by atomic mass is 9.95. The van der Waals surface area contributed by atoms with Gasteiger partial charge in [0.15, 0.2) is 12.5 Å². The van der Waals surface area contributed by atoms with Crippen molar-refractivity contribution < 1.29 is 43.7 Å². The highest BCUT2D eigenvalue weighted by atomic mass is 16.7. The first-order valence-electron chi connectivity index (χ1n) is 12.6. The topological polar surface area (TPSA) is 187 Å². The first-order valence-corrected chi connectivity index (χ1v) is 12.6. The molecule has 0 aliphatic carbocycles. The van der Waals surface area contributed by atoms with Crippen LogP contribution < -0.4 is 15.4 Å². The number of rotatable bonds is 13. The quantitative estimate of drug-likeness (QED) is 0.230. The van der Waals surface area contributed by atoms with Crippen molar-refractivity contribution in [1.29, 1.82) is 0 Å². The van der Waals surface area contributed by atoms with Gasteiger partial charge in [-0.05, 0) is 43.4 Å². The first kappa shape index (κ1) is 29.4. The zero-order chi connectivity index (χ0) is 28.7. The lowest BCUT2D eigenvalue weighted by molar-refractivity contribution is -0.136. The largest absolute Gasteiger partial charge is 0.507 e. The number of Topliss-reactive ketones (excluding diaryl/α,β-unsaturated/α-hetero) is 1. The Balaban J connectivity index is 1.72. The molecular formula is C26H34N4O9. The number of carbonyl (C=O) groups is 5. The number of H-pyrrole nitrogens is 1. The van der Waals surface area contributed by atoms with Gasteiger partial charge in [0.2, 0.25) is 11.8 Å². The summed E-state index contributed by atoms with van der Waals surface area (Å²) in [5.41, 5.74) is 0.904. The van der Waals surface area contributed by atoms with Gasteiger partial charge in [-0.1, -0.05) is 19.9 Å². The smallest absolute Gasteiger partial charge is 0.496 e. The molecular weight excluding hydrogens is 512 g/mol. The molecule has 5 N–H and O–H groups in total. The lowest BCUT2D eigenvalue weighted by Gasteiger charge is -2.25. The number of methoxy groups -OCH3 is 1. The number of aliphatic hydroxyl groups excluding tert-OH is 1. The summed E-state index contributed by atoms with van der Waals surface area (Å²) in [7, 11) is 1.52. The second-order valence-corrected chi connectivity index (χ2v) is 9.81. The minimum absolute atomic E-state index is 0.00931. The fourth-order valence-electron chi connectivity index (χ4n) is 4.59. The zero-order valence-corrected chi connectivity index (χ0v) is 22.1. The van der Waals surface area contributed by atoms with Gasteiger partial charge in [0, 0.05) is 23.4 Å². The minimum atomic E-state index is -1.52. The van der Waals surface area contributed by atoms with Gasteiger partial charge in [-0.25, -0.2) is 4.79 Å². The van der Waals surface area contributed by atoms with Gasteiger partial charge in [0.05, 0.1) is 13.2 Å².